The second-order valence-corrected chi connectivity index (χ2v) is 9.42. The van der Waals surface area contributed by atoms with Crippen molar-refractivity contribution in [3.8, 4) is 17.1 Å². The summed E-state index contributed by atoms with van der Waals surface area (Å²) in [5.74, 6) is -0.731. The van der Waals surface area contributed by atoms with E-state index < -0.39 is 38.5 Å². The van der Waals surface area contributed by atoms with Gasteiger partial charge in [-0.3, -0.25) is 0 Å². The second-order valence-electron chi connectivity index (χ2n) is 7.17. The first-order chi connectivity index (χ1) is 15.7. The van der Waals surface area contributed by atoms with Crippen LogP contribution in [0, 0.1) is 6.92 Å². The standard InChI is InChI=1S/C19H14F6N6O2S/c1-3-34(32,33)13-7-11(9-26-17(13)31-10(2)6-14(29-31)18(20,21)22)12-4-5-30-16(27-12)8-15(28-30)19(23,24)25/h4-9H,3H2,1-2H3. The minimum absolute atomic E-state index is 0.00128. The molecule has 0 atom stereocenters. The molecule has 0 fully saturated rings. The fourth-order valence-electron chi connectivity index (χ4n) is 3.13. The zero-order valence-corrected chi connectivity index (χ0v) is 18.2. The van der Waals surface area contributed by atoms with Gasteiger partial charge in [0.15, 0.2) is 32.7 Å². The van der Waals surface area contributed by atoms with E-state index in [1.54, 1.807) is 0 Å². The zero-order valence-electron chi connectivity index (χ0n) is 17.3. The van der Waals surface area contributed by atoms with Gasteiger partial charge in [0.1, 0.15) is 4.90 Å². The lowest BCUT2D eigenvalue weighted by atomic mass is 10.2. The molecular formula is C19H14F6N6O2S. The van der Waals surface area contributed by atoms with Crippen LogP contribution in [0.4, 0.5) is 26.3 Å². The predicted molar refractivity (Wildman–Crippen MR) is 106 cm³/mol. The summed E-state index contributed by atoms with van der Waals surface area (Å²) in [6.07, 6.45) is -7.07. The minimum atomic E-state index is -4.75. The van der Waals surface area contributed by atoms with Crippen LogP contribution in [0.1, 0.15) is 24.0 Å². The van der Waals surface area contributed by atoms with Crippen LogP contribution < -0.4 is 0 Å². The van der Waals surface area contributed by atoms with Gasteiger partial charge in [-0.05, 0) is 25.1 Å². The minimum Gasteiger partial charge on any atom is -0.235 e. The van der Waals surface area contributed by atoms with Gasteiger partial charge >= 0.3 is 12.4 Å². The highest BCUT2D eigenvalue weighted by Crippen LogP contribution is 2.32. The first-order valence-electron chi connectivity index (χ1n) is 9.52. The van der Waals surface area contributed by atoms with Crippen LogP contribution in [0.2, 0.25) is 0 Å². The predicted octanol–water partition coefficient (Wildman–Crippen LogP) is 4.12. The molecule has 4 aromatic heterocycles. The zero-order chi connectivity index (χ0) is 25.1. The Hall–Kier alpha value is -3.49. The first-order valence-corrected chi connectivity index (χ1v) is 11.2. The lowest BCUT2D eigenvalue weighted by Crippen LogP contribution is -2.14. The lowest BCUT2D eigenvalue weighted by molar-refractivity contribution is -0.142. The highest BCUT2D eigenvalue weighted by Gasteiger charge is 2.36. The molecule has 4 heterocycles. The lowest BCUT2D eigenvalue weighted by Gasteiger charge is -2.12. The fraction of sp³-hybridized carbons (Fsp3) is 0.263. The van der Waals surface area contributed by atoms with Crippen molar-refractivity contribution in [3.63, 3.8) is 0 Å². The van der Waals surface area contributed by atoms with Crippen LogP contribution in [0.25, 0.3) is 22.7 Å². The van der Waals surface area contributed by atoms with E-state index in [1.807, 2.05) is 0 Å². The fourth-order valence-corrected chi connectivity index (χ4v) is 4.16. The van der Waals surface area contributed by atoms with Gasteiger partial charge in [0.25, 0.3) is 0 Å². The maximum atomic E-state index is 13.1. The van der Waals surface area contributed by atoms with Gasteiger partial charge in [-0.15, -0.1) is 0 Å². The Morgan fingerprint density at radius 2 is 1.62 bits per heavy atom. The number of sulfone groups is 1. The van der Waals surface area contributed by atoms with Crippen molar-refractivity contribution in [2.45, 2.75) is 31.1 Å². The molecule has 0 saturated heterocycles. The number of pyridine rings is 1. The number of fused-ring (bicyclic) bond motifs is 1. The Kier molecular flexibility index (Phi) is 5.42. The van der Waals surface area contributed by atoms with E-state index in [2.05, 4.69) is 20.2 Å². The van der Waals surface area contributed by atoms with Crippen LogP contribution in [0.5, 0.6) is 0 Å². The molecule has 0 unspecified atom stereocenters. The Bertz CT molecular complexity index is 1500. The van der Waals surface area contributed by atoms with Crippen LogP contribution >= 0.6 is 0 Å². The summed E-state index contributed by atoms with van der Waals surface area (Å²) in [6.45, 7) is 2.66. The quantitative estimate of drug-likeness (QED) is 0.388. The average Bonchev–Trinajstić information content (AvgIpc) is 3.36. The normalized spacial score (nSPS) is 13.1. The summed E-state index contributed by atoms with van der Waals surface area (Å²) in [5.41, 5.74) is -2.32. The molecule has 0 N–H and O–H groups in total. The SMILES string of the molecule is CCS(=O)(=O)c1cc(-c2ccn3nc(C(F)(F)F)cc3n2)cnc1-n1nc(C(F)(F)F)cc1C. The number of rotatable bonds is 4. The maximum absolute atomic E-state index is 13.1. The number of aromatic nitrogens is 6. The first kappa shape index (κ1) is 23.7. The molecule has 0 aromatic carbocycles. The van der Waals surface area contributed by atoms with Crippen LogP contribution in [-0.4, -0.2) is 43.5 Å². The van der Waals surface area contributed by atoms with Gasteiger partial charge in [0.05, 0.1) is 11.4 Å². The Balaban J connectivity index is 1.87. The molecular weight excluding hydrogens is 490 g/mol. The summed E-state index contributed by atoms with van der Waals surface area (Å²) in [7, 11) is -4.01. The number of hydrogen-bond acceptors (Lipinski definition) is 6. The molecule has 0 saturated carbocycles. The third-order valence-corrected chi connectivity index (χ3v) is 6.57. The summed E-state index contributed by atoms with van der Waals surface area (Å²) in [5, 5.41) is 6.85. The molecule has 15 heteroatoms. The molecule has 0 aliphatic carbocycles. The molecule has 0 spiro atoms. The molecule has 4 aromatic rings. The molecule has 180 valence electrons. The Morgan fingerprint density at radius 3 is 2.21 bits per heavy atom. The Morgan fingerprint density at radius 1 is 0.971 bits per heavy atom. The van der Waals surface area contributed by atoms with Crippen molar-refractivity contribution in [2.75, 3.05) is 5.75 Å². The highest BCUT2D eigenvalue weighted by molar-refractivity contribution is 7.91. The van der Waals surface area contributed by atoms with E-state index in [4.69, 9.17) is 0 Å². The summed E-state index contributed by atoms with van der Waals surface area (Å²) >= 11 is 0. The van der Waals surface area contributed by atoms with Gasteiger partial charge in [0, 0.05) is 29.7 Å². The van der Waals surface area contributed by atoms with E-state index in [-0.39, 0.29) is 34.2 Å². The van der Waals surface area contributed by atoms with Gasteiger partial charge in [0.2, 0.25) is 0 Å². The number of halogens is 6. The third kappa shape index (κ3) is 4.22. The Labute approximate surface area is 187 Å². The van der Waals surface area contributed by atoms with E-state index in [9.17, 15) is 34.8 Å². The highest BCUT2D eigenvalue weighted by atomic mass is 32.2. The topological polar surface area (TPSA) is 95.0 Å². The molecule has 0 amide bonds. The summed E-state index contributed by atoms with van der Waals surface area (Å²) < 4.78 is 105. The van der Waals surface area contributed by atoms with Crippen molar-refractivity contribution < 1.29 is 34.8 Å². The number of hydrogen-bond donors (Lipinski definition) is 0. The van der Waals surface area contributed by atoms with Crippen LogP contribution in [-0.2, 0) is 22.2 Å². The number of nitrogens with zero attached hydrogens (tertiary/aromatic N) is 6. The molecule has 4 rings (SSSR count). The van der Waals surface area contributed by atoms with E-state index in [0.29, 0.717) is 0 Å². The van der Waals surface area contributed by atoms with Gasteiger partial charge in [-0.25, -0.2) is 27.6 Å². The molecule has 0 radical (unpaired) electrons. The largest absolute Gasteiger partial charge is 0.435 e. The van der Waals surface area contributed by atoms with Crippen molar-refractivity contribution in [2.24, 2.45) is 0 Å². The van der Waals surface area contributed by atoms with E-state index in [0.717, 1.165) is 33.6 Å². The molecule has 0 aliphatic rings. The van der Waals surface area contributed by atoms with E-state index >= 15 is 0 Å². The maximum Gasteiger partial charge on any atom is 0.435 e. The van der Waals surface area contributed by atoms with Crippen molar-refractivity contribution in [1.82, 2.24) is 29.4 Å². The van der Waals surface area contributed by atoms with Gasteiger partial charge in [-0.1, -0.05) is 6.92 Å². The summed E-state index contributed by atoms with van der Waals surface area (Å²) in [6, 6.07) is 3.93. The van der Waals surface area contributed by atoms with Gasteiger partial charge < -0.3 is 0 Å². The van der Waals surface area contributed by atoms with Crippen molar-refractivity contribution in [3.05, 3.63) is 53.7 Å². The monoisotopic (exact) mass is 504 g/mol. The molecule has 8 nitrogen and oxygen atoms in total. The van der Waals surface area contributed by atoms with Crippen molar-refractivity contribution >= 4 is 15.5 Å². The number of alkyl halides is 6. The summed E-state index contributed by atoms with van der Waals surface area (Å²) in [4.78, 5) is 7.71. The number of aryl methyl sites for hydroxylation is 1. The van der Waals surface area contributed by atoms with Gasteiger partial charge in [-0.2, -0.15) is 36.5 Å². The molecule has 0 bridgehead atoms. The second kappa shape index (κ2) is 7.78. The van der Waals surface area contributed by atoms with Crippen LogP contribution in [0.15, 0.2) is 41.6 Å². The average molecular weight is 504 g/mol. The smallest absolute Gasteiger partial charge is 0.235 e. The molecule has 0 aliphatic heterocycles. The third-order valence-electron chi connectivity index (χ3n) is 4.84. The van der Waals surface area contributed by atoms with Crippen molar-refractivity contribution in [1.29, 1.82) is 0 Å². The van der Waals surface area contributed by atoms with E-state index in [1.165, 1.54) is 26.1 Å². The molecule has 34 heavy (non-hydrogen) atoms. The van der Waals surface area contributed by atoms with Crippen LogP contribution in [0.3, 0.4) is 0 Å².